The number of carbonyl (C=O) groups excluding carboxylic acids is 3. The average molecular weight is 373 g/mol. The quantitative estimate of drug-likeness (QED) is 0.870. The molecule has 4 amide bonds. The molecule has 0 saturated carbocycles. The Morgan fingerprint density at radius 2 is 2.08 bits per heavy atom. The molecule has 2 aromatic rings. The highest BCUT2D eigenvalue weighted by atomic mass is 32.2. The van der Waals surface area contributed by atoms with E-state index in [9.17, 15) is 14.4 Å². The van der Waals surface area contributed by atoms with Gasteiger partial charge in [-0.25, -0.2) is 4.79 Å². The molecule has 8 nitrogen and oxygen atoms in total. The summed E-state index contributed by atoms with van der Waals surface area (Å²) in [6.07, 6.45) is 1.67. The molecule has 1 atom stereocenters. The van der Waals surface area contributed by atoms with Gasteiger partial charge < -0.3 is 5.32 Å². The molecule has 25 heavy (non-hydrogen) atoms. The van der Waals surface area contributed by atoms with Crippen molar-refractivity contribution >= 4 is 58.1 Å². The molecule has 1 aromatic heterocycles. The van der Waals surface area contributed by atoms with Crippen LogP contribution < -0.4 is 5.32 Å². The van der Waals surface area contributed by atoms with Gasteiger partial charge in [-0.15, -0.1) is 11.8 Å². The number of urea groups is 1. The lowest BCUT2D eigenvalue weighted by Crippen LogP contribution is -2.49. The summed E-state index contributed by atoms with van der Waals surface area (Å²) in [6.45, 7) is 0.233. The summed E-state index contributed by atoms with van der Waals surface area (Å²) >= 11 is 2.41. The maximum absolute atomic E-state index is 12.3. The van der Waals surface area contributed by atoms with Crippen molar-refractivity contribution in [1.82, 2.24) is 19.0 Å². The molecule has 2 aliphatic rings. The van der Waals surface area contributed by atoms with Gasteiger partial charge in [-0.3, -0.25) is 14.5 Å². The van der Waals surface area contributed by atoms with Gasteiger partial charge in [0.1, 0.15) is 16.3 Å². The zero-order valence-corrected chi connectivity index (χ0v) is 14.3. The normalized spacial score (nSPS) is 19.3. The van der Waals surface area contributed by atoms with Crippen LogP contribution in [0.15, 0.2) is 34.7 Å². The Hall–Kier alpha value is -2.59. The van der Waals surface area contributed by atoms with Crippen molar-refractivity contribution in [2.45, 2.75) is 5.25 Å². The highest BCUT2D eigenvalue weighted by molar-refractivity contribution is 8.04. The first-order chi connectivity index (χ1) is 12.1. The summed E-state index contributed by atoms with van der Waals surface area (Å²) in [6, 6.07) is 4.45. The van der Waals surface area contributed by atoms with Gasteiger partial charge in [-0.1, -0.05) is 0 Å². The molecule has 2 aliphatic heterocycles. The maximum atomic E-state index is 12.3. The predicted octanol–water partition coefficient (Wildman–Crippen LogP) is 1.45. The maximum Gasteiger partial charge on any atom is 0.350 e. The molecule has 0 aliphatic carbocycles. The van der Waals surface area contributed by atoms with Crippen molar-refractivity contribution in [2.75, 3.05) is 13.1 Å². The molecule has 1 N–H and O–H groups in total. The van der Waals surface area contributed by atoms with Gasteiger partial charge in [0.2, 0.25) is 5.91 Å². The molecule has 1 aromatic carbocycles. The van der Waals surface area contributed by atoms with Crippen molar-refractivity contribution in [3.05, 3.63) is 35.2 Å². The van der Waals surface area contributed by atoms with E-state index in [1.807, 2.05) is 0 Å². The molecule has 126 valence electrons. The van der Waals surface area contributed by atoms with Crippen LogP contribution in [-0.2, 0) is 4.79 Å². The minimum atomic E-state index is -0.590. The SMILES string of the molecule is O=C(NCCN1C(=O)N=C2C=CSC2C1=O)c1ccc2nsnc2c1. The largest absolute Gasteiger partial charge is 0.350 e. The number of nitrogens with one attached hydrogen (secondary N) is 1. The van der Waals surface area contributed by atoms with Gasteiger partial charge in [-0.05, 0) is 29.7 Å². The molecule has 0 fully saturated rings. The average Bonchev–Trinajstić information content (AvgIpc) is 3.25. The standard InChI is InChI=1S/C15H11N5O3S2/c21-13(8-1-2-9-11(7-8)19-25-18-9)16-4-5-20-14(22)12-10(3-6-24-12)17-15(20)23/h1-3,6-7,12H,4-5H2,(H,16,21). The highest BCUT2D eigenvalue weighted by Gasteiger charge is 2.38. The third-order valence-electron chi connectivity index (χ3n) is 3.80. The lowest BCUT2D eigenvalue weighted by Gasteiger charge is -2.25. The number of rotatable bonds is 4. The second-order valence-corrected chi connectivity index (χ2v) is 6.90. The summed E-state index contributed by atoms with van der Waals surface area (Å²) in [5.41, 5.74) is 2.34. The third-order valence-corrected chi connectivity index (χ3v) is 5.37. The highest BCUT2D eigenvalue weighted by Crippen LogP contribution is 2.27. The van der Waals surface area contributed by atoms with Crippen LogP contribution in [0.4, 0.5) is 4.79 Å². The summed E-state index contributed by atoms with van der Waals surface area (Å²) in [5, 5.41) is 4.01. The predicted molar refractivity (Wildman–Crippen MR) is 94.8 cm³/mol. The number of imide groups is 1. The molecular formula is C15H11N5O3S2. The first kappa shape index (κ1) is 15.9. The minimum Gasteiger partial charge on any atom is -0.350 e. The van der Waals surface area contributed by atoms with Crippen LogP contribution in [0, 0.1) is 0 Å². The summed E-state index contributed by atoms with van der Waals surface area (Å²) in [5.74, 6) is -0.595. The third kappa shape index (κ3) is 2.94. The number of nitrogens with zero attached hydrogens (tertiary/aromatic N) is 4. The zero-order valence-electron chi connectivity index (χ0n) is 12.7. The van der Waals surface area contributed by atoms with E-state index in [0.29, 0.717) is 16.8 Å². The Bertz CT molecular complexity index is 952. The van der Waals surface area contributed by atoms with Crippen molar-refractivity contribution in [3.8, 4) is 0 Å². The summed E-state index contributed by atoms with van der Waals surface area (Å²) in [4.78, 5) is 41.5. The van der Waals surface area contributed by atoms with Gasteiger partial charge >= 0.3 is 6.03 Å². The first-order valence-corrected chi connectivity index (χ1v) is 9.07. The van der Waals surface area contributed by atoms with Crippen LogP contribution in [0.1, 0.15) is 10.4 Å². The Balaban J connectivity index is 1.38. The Labute approximate surface area is 150 Å². The Morgan fingerprint density at radius 1 is 1.24 bits per heavy atom. The smallest absolute Gasteiger partial charge is 0.350 e. The number of fused-ring (bicyclic) bond motifs is 2. The fraction of sp³-hybridized carbons (Fsp3) is 0.200. The molecule has 1 unspecified atom stereocenters. The number of carbonyl (C=O) groups is 3. The van der Waals surface area contributed by atoms with Gasteiger partial charge in [0.25, 0.3) is 5.91 Å². The van der Waals surface area contributed by atoms with E-state index >= 15 is 0 Å². The number of hydrogen-bond acceptors (Lipinski definition) is 7. The topological polar surface area (TPSA) is 105 Å². The second-order valence-electron chi connectivity index (χ2n) is 5.35. The monoisotopic (exact) mass is 373 g/mol. The van der Waals surface area contributed by atoms with Gasteiger partial charge in [0, 0.05) is 18.7 Å². The van der Waals surface area contributed by atoms with E-state index in [1.165, 1.54) is 11.8 Å². The minimum absolute atomic E-state index is 0.0811. The van der Waals surface area contributed by atoms with Crippen molar-refractivity contribution in [2.24, 2.45) is 4.99 Å². The zero-order chi connectivity index (χ0) is 17.4. The number of aliphatic imine (C=N–C) groups is 1. The fourth-order valence-corrected chi connectivity index (χ4v) is 3.95. The van der Waals surface area contributed by atoms with E-state index < -0.39 is 11.3 Å². The molecular weight excluding hydrogens is 362 g/mol. The van der Waals surface area contributed by atoms with Crippen molar-refractivity contribution < 1.29 is 14.4 Å². The van der Waals surface area contributed by atoms with Crippen LogP contribution in [0.2, 0.25) is 0 Å². The Kier molecular flexibility index (Phi) is 4.06. The van der Waals surface area contributed by atoms with E-state index in [2.05, 4.69) is 19.1 Å². The molecule has 4 rings (SSSR count). The lowest BCUT2D eigenvalue weighted by molar-refractivity contribution is -0.126. The molecule has 0 spiro atoms. The lowest BCUT2D eigenvalue weighted by atomic mass is 10.2. The van der Waals surface area contributed by atoms with Crippen LogP contribution >= 0.6 is 23.5 Å². The number of allylic oxidation sites excluding steroid dienone is 1. The summed E-state index contributed by atoms with van der Waals surface area (Å²) in [7, 11) is 0. The van der Waals surface area contributed by atoms with Crippen molar-refractivity contribution in [1.29, 1.82) is 0 Å². The fourth-order valence-electron chi connectivity index (χ4n) is 2.54. The van der Waals surface area contributed by atoms with Crippen molar-refractivity contribution in [3.63, 3.8) is 0 Å². The van der Waals surface area contributed by atoms with Crippen LogP contribution in [-0.4, -0.2) is 55.5 Å². The molecule has 0 radical (unpaired) electrons. The molecule has 3 heterocycles. The number of benzene rings is 1. The van der Waals surface area contributed by atoms with Gasteiger partial charge in [-0.2, -0.15) is 13.7 Å². The Morgan fingerprint density at radius 3 is 2.96 bits per heavy atom. The van der Waals surface area contributed by atoms with E-state index in [-0.39, 0.29) is 24.9 Å². The molecule has 0 saturated heterocycles. The van der Waals surface area contributed by atoms with E-state index in [1.54, 1.807) is 29.7 Å². The van der Waals surface area contributed by atoms with Crippen LogP contribution in [0.25, 0.3) is 11.0 Å². The van der Waals surface area contributed by atoms with Gasteiger partial charge in [0.05, 0.1) is 17.4 Å². The van der Waals surface area contributed by atoms with E-state index in [4.69, 9.17) is 0 Å². The number of aromatic nitrogens is 2. The molecule has 10 heteroatoms. The first-order valence-electron chi connectivity index (χ1n) is 7.40. The van der Waals surface area contributed by atoms with Crippen LogP contribution in [0.5, 0.6) is 0 Å². The number of hydrogen-bond donors (Lipinski definition) is 1. The number of amides is 4. The van der Waals surface area contributed by atoms with Gasteiger partial charge in [0.15, 0.2) is 0 Å². The second kappa shape index (κ2) is 6.37. The number of thioether (sulfide) groups is 1. The summed E-state index contributed by atoms with van der Waals surface area (Å²) < 4.78 is 8.18. The van der Waals surface area contributed by atoms with E-state index in [0.717, 1.165) is 22.1 Å². The van der Waals surface area contributed by atoms with Crippen LogP contribution in [0.3, 0.4) is 0 Å². The molecule has 0 bridgehead atoms.